The summed E-state index contributed by atoms with van der Waals surface area (Å²) in [5.74, 6) is 1.33. The summed E-state index contributed by atoms with van der Waals surface area (Å²) in [7, 11) is 0. The zero-order chi connectivity index (χ0) is 9.26. The largest absolute Gasteiger partial charge is 0.491 e. The highest BCUT2D eigenvalue weighted by Crippen LogP contribution is 2.33. The van der Waals surface area contributed by atoms with Gasteiger partial charge in [0.05, 0.1) is 12.3 Å². The van der Waals surface area contributed by atoms with Crippen LogP contribution in [-0.2, 0) is 0 Å². The number of fused-ring (bicyclic) bond motifs is 1. The topological polar surface area (TPSA) is 48.1 Å². The summed E-state index contributed by atoms with van der Waals surface area (Å²) in [6.07, 6.45) is 2.81. The van der Waals surface area contributed by atoms with E-state index < -0.39 is 0 Å². The van der Waals surface area contributed by atoms with Gasteiger partial charge in [-0.25, -0.2) is 0 Å². The smallest absolute Gasteiger partial charge is 0.144 e. The minimum absolute atomic E-state index is 0.378. The number of aryl methyl sites for hydroxylation is 1. The zero-order valence-corrected chi connectivity index (χ0v) is 7.79. The van der Waals surface area contributed by atoms with E-state index in [1.54, 1.807) is 0 Å². The highest BCUT2D eigenvalue weighted by molar-refractivity contribution is 5.39. The molecule has 3 nitrogen and oxygen atoms in total. The Morgan fingerprint density at radius 1 is 1.69 bits per heavy atom. The van der Waals surface area contributed by atoms with E-state index in [1.807, 2.05) is 19.2 Å². The Hall–Kier alpha value is -1.09. The third kappa shape index (κ3) is 1.40. The molecule has 70 valence electrons. The first-order chi connectivity index (χ1) is 6.33. The van der Waals surface area contributed by atoms with Crippen LogP contribution in [0.15, 0.2) is 12.3 Å². The molecule has 1 aromatic heterocycles. The molecule has 3 heteroatoms. The number of ether oxygens (including phenoxy) is 1. The summed E-state index contributed by atoms with van der Waals surface area (Å²) in [4.78, 5) is 4.33. The van der Waals surface area contributed by atoms with Gasteiger partial charge in [0, 0.05) is 18.7 Å². The van der Waals surface area contributed by atoms with E-state index in [1.165, 1.54) is 0 Å². The van der Waals surface area contributed by atoms with Gasteiger partial charge in [-0.05, 0) is 25.0 Å². The molecule has 0 spiro atoms. The predicted molar refractivity (Wildman–Crippen MR) is 50.9 cm³/mol. The minimum atomic E-state index is 0.378. The minimum Gasteiger partial charge on any atom is -0.491 e. The van der Waals surface area contributed by atoms with Crippen molar-refractivity contribution in [2.75, 3.05) is 13.2 Å². The van der Waals surface area contributed by atoms with E-state index in [0.29, 0.717) is 12.5 Å². The molecule has 1 aromatic rings. The third-order valence-corrected chi connectivity index (χ3v) is 2.51. The van der Waals surface area contributed by atoms with E-state index in [2.05, 4.69) is 4.98 Å². The third-order valence-electron chi connectivity index (χ3n) is 2.51. The number of nitrogens with two attached hydrogens (primary N) is 1. The molecule has 2 heterocycles. The van der Waals surface area contributed by atoms with Crippen molar-refractivity contribution in [3.05, 3.63) is 23.5 Å². The lowest BCUT2D eigenvalue weighted by molar-refractivity contribution is 0.262. The second-order valence-corrected chi connectivity index (χ2v) is 3.41. The Bertz CT molecular complexity index is 312. The molecule has 2 rings (SSSR count). The standard InChI is InChI=1S/C10H14N2O/c1-7-2-4-12-9-8(6-11)3-5-13-10(7)9/h2,4,8H,3,5-6,11H2,1H3. The lowest BCUT2D eigenvalue weighted by Crippen LogP contribution is -2.22. The van der Waals surface area contributed by atoms with Crippen LogP contribution in [0.2, 0.25) is 0 Å². The summed E-state index contributed by atoms with van der Waals surface area (Å²) in [5.41, 5.74) is 7.86. The quantitative estimate of drug-likeness (QED) is 0.703. The Kier molecular flexibility index (Phi) is 2.19. The molecule has 1 unspecified atom stereocenters. The Labute approximate surface area is 77.9 Å². The van der Waals surface area contributed by atoms with Crippen molar-refractivity contribution < 1.29 is 4.74 Å². The average Bonchev–Trinajstić information content (AvgIpc) is 2.18. The van der Waals surface area contributed by atoms with E-state index in [9.17, 15) is 0 Å². The molecule has 0 bridgehead atoms. The van der Waals surface area contributed by atoms with Crippen LogP contribution < -0.4 is 10.5 Å². The number of hydrogen-bond acceptors (Lipinski definition) is 3. The Balaban J connectivity index is 2.45. The molecule has 0 amide bonds. The van der Waals surface area contributed by atoms with Gasteiger partial charge < -0.3 is 10.5 Å². The maximum atomic E-state index is 5.67. The molecule has 0 aromatic carbocycles. The fourth-order valence-corrected chi connectivity index (χ4v) is 1.71. The molecule has 2 N–H and O–H groups in total. The molecule has 0 saturated carbocycles. The molecule has 0 fully saturated rings. The molecule has 13 heavy (non-hydrogen) atoms. The number of nitrogens with zero attached hydrogens (tertiary/aromatic N) is 1. The Morgan fingerprint density at radius 2 is 2.54 bits per heavy atom. The lowest BCUT2D eigenvalue weighted by Gasteiger charge is -2.24. The second kappa shape index (κ2) is 3.34. The molecule has 0 aliphatic carbocycles. The molecular formula is C10H14N2O. The van der Waals surface area contributed by atoms with Crippen LogP contribution in [0.1, 0.15) is 23.6 Å². The van der Waals surface area contributed by atoms with Crippen LogP contribution in [0, 0.1) is 6.92 Å². The van der Waals surface area contributed by atoms with Gasteiger partial charge in [0.25, 0.3) is 0 Å². The van der Waals surface area contributed by atoms with Crippen molar-refractivity contribution >= 4 is 0 Å². The van der Waals surface area contributed by atoms with Crippen molar-refractivity contribution in [1.82, 2.24) is 4.98 Å². The van der Waals surface area contributed by atoms with Gasteiger partial charge in [-0.3, -0.25) is 4.98 Å². The van der Waals surface area contributed by atoms with Gasteiger partial charge in [0.15, 0.2) is 0 Å². The predicted octanol–water partition coefficient (Wildman–Crippen LogP) is 1.21. The van der Waals surface area contributed by atoms with Gasteiger partial charge in [0.1, 0.15) is 5.75 Å². The first-order valence-corrected chi connectivity index (χ1v) is 4.61. The van der Waals surface area contributed by atoms with Crippen LogP contribution in [0.3, 0.4) is 0 Å². The molecule has 1 aliphatic rings. The fourth-order valence-electron chi connectivity index (χ4n) is 1.71. The van der Waals surface area contributed by atoms with Crippen molar-refractivity contribution in [2.45, 2.75) is 19.3 Å². The van der Waals surface area contributed by atoms with Crippen LogP contribution in [0.25, 0.3) is 0 Å². The van der Waals surface area contributed by atoms with Gasteiger partial charge in [-0.15, -0.1) is 0 Å². The second-order valence-electron chi connectivity index (χ2n) is 3.41. The normalized spacial score (nSPS) is 20.6. The molecule has 0 saturated heterocycles. The van der Waals surface area contributed by atoms with Crippen LogP contribution >= 0.6 is 0 Å². The SMILES string of the molecule is Cc1ccnc2c1OCCC2CN. The molecule has 1 atom stereocenters. The summed E-state index contributed by atoms with van der Waals surface area (Å²) in [5, 5.41) is 0. The number of hydrogen-bond donors (Lipinski definition) is 1. The lowest BCUT2D eigenvalue weighted by atomic mass is 9.97. The summed E-state index contributed by atoms with van der Waals surface area (Å²) < 4.78 is 5.57. The zero-order valence-electron chi connectivity index (χ0n) is 7.79. The highest BCUT2D eigenvalue weighted by atomic mass is 16.5. The van der Waals surface area contributed by atoms with Crippen molar-refractivity contribution in [3.8, 4) is 5.75 Å². The van der Waals surface area contributed by atoms with Crippen molar-refractivity contribution in [3.63, 3.8) is 0 Å². The fraction of sp³-hybridized carbons (Fsp3) is 0.500. The number of aromatic nitrogens is 1. The van der Waals surface area contributed by atoms with Gasteiger partial charge in [-0.1, -0.05) is 0 Å². The molecule has 1 aliphatic heterocycles. The monoisotopic (exact) mass is 178 g/mol. The van der Waals surface area contributed by atoms with Crippen LogP contribution in [-0.4, -0.2) is 18.1 Å². The van der Waals surface area contributed by atoms with Gasteiger partial charge >= 0.3 is 0 Å². The van der Waals surface area contributed by atoms with Crippen molar-refractivity contribution in [2.24, 2.45) is 5.73 Å². The average molecular weight is 178 g/mol. The van der Waals surface area contributed by atoms with E-state index >= 15 is 0 Å². The summed E-state index contributed by atoms with van der Waals surface area (Å²) >= 11 is 0. The van der Waals surface area contributed by atoms with E-state index in [0.717, 1.165) is 30.0 Å². The summed E-state index contributed by atoms with van der Waals surface area (Å²) in [6, 6.07) is 1.97. The molecular weight excluding hydrogens is 164 g/mol. The first-order valence-electron chi connectivity index (χ1n) is 4.61. The summed E-state index contributed by atoms with van der Waals surface area (Å²) in [6.45, 7) is 3.47. The van der Waals surface area contributed by atoms with Crippen molar-refractivity contribution in [1.29, 1.82) is 0 Å². The molecule has 0 radical (unpaired) electrons. The van der Waals surface area contributed by atoms with Gasteiger partial charge in [-0.2, -0.15) is 0 Å². The maximum Gasteiger partial charge on any atom is 0.144 e. The van der Waals surface area contributed by atoms with Crippen LogP contribution in [0.5, 0.6) is 5.75 Å². The first kappa shape index (κ1) is 8.51. The number of pyridine rings is 1. The van der Waals surface area contributed by atoms with Crippen LogP contribution in [0.4, 0.5) is 0 Å². The Morgan fingerprint density at radius 3 is 3.31 bits per heavy atom. The van der Waals surface area contributed by atoms with E-state index in [-0.39, 0.29) is 0 Å². The number of rotatable bonds is 1. The highest BCUT2D eigenvalue weighted by Gasteiger charge is 2.22. The maximum absolute atomic E-state index is 5.67. The van der Waals surface area contributed by atoms with Gasteiger partial charge in [0.2, 0.25) is 0 Å². The van der Waals surface area contributed by atoms with E-state index in [4.69, 9.17) is 10.5 Å².